The molecular formula is C27H23Cl2N3O2. The molecule has 0 spiro atoms. The summed E-state index contributed by atoms with van der Waals surface area (Å²) in [5.41, 5.74) is 5.01. The lowest BCUT2D eigenvalue weighted by Crippen LogP contribution is -2.29. The maximum absolute atomic E-state index is 13.1. The number of carbonyl (C=O) groups is 1. The standard InChI is InChI=1S/C27H23Cl2N3O2/c1-2-34-27(33)25-24(22-13-12-20(29)15-23(22)31-25)26-18(14-17-8-10-19(28)11-9-17)16-30-32(26)21-6-4-3-5-7-21/h3-11,13,15-16,20,31H,2,12,14H2,1H3. The molecule has 7 heteroatoms. The molecule has 0 bridgehead atoms. The van der Waals surface area contributed by atoms with Gasteiger partial charge in [-0.05, 0) is 49.2 Å². The van der Waals surface area contributed by atoms with Crippen molar-refractivity contribution < 1.29 is 9.53 Å². The molecule has 4 aromatic rings. The smallest absolute Gasteiger partial charge is 0.355 e. The van der Waals surface area contributed by atoms with E-state index in [0.29, 0.717) is 23.6 Å². The third kappa shape index (κ3) is 4.29. The minimum absolute atomic E-state index is 0.137. The maximum Gasteiger partial charge on any atom is 0.355 e. The van der Waals surface area contributed by atoms with Crippen LogP contribution in [0.1, 0.15) is 35.0 Å². The quantitative estimate of drug-likeness (QED) is 0.309. The number of aromatic amines is 1. The lowest BCUT2D eigenvalue weighted by molar-refractivity contribution is 0.0521. The van der Waals surface area contributed by atoms with Crippen molar-refractivity contribution in [3.63, 3.8) is 0 Å². The molecule has 5 nitrogen and oxygen atoms in total. The Labute approximate surface area is 207 Å². The second kappa shape index (κ2) is 9.53. The van der Waals surface area contributed by atoms with E-state index in [1.807, 2.05) is 71.6 Å². The Balaban J connectivity index is 1.77. The van der Waals surface area contributed by atoms with Crippen molar-refractivity contribution in [2.75, 3.05) is 6.61 Å². The number of para-hydroxylation sites is 1. The van der Waals surface area contributed by atoms with Crippen molar-refractivity contribution in [3.8, 4) is 16.9 Å². The number of nitrogens with zero attached hydrogens (tertiary/aromatic N) is 2. The summed E-state index contributed by atoms with van der Waals surface area (Å²) in [5.74, 6) is -0.405. The van der Waals surface area contributed by atoms with Crippen molar-refractivity contribution in [3.05, 3.63) is 93.2 Å². The molecule has 1 atom stereocenters. The van der Waals surface area contributed by atoms with Gasteiger partial charge in [-0.2, -0.15) is 5.10 Å². The third-order valence-electron chi connectivity index (χ3n) is 5.83. The molecular weight excluding hydrogens is 469 g/mol. The molecule has 1 aliphatic rings. The number of H-pyrrole nitrogens is 1. The van der Waals surface area contributed by atoms with Gasteiger partial charge in [0, 0.05) is 33.1 Å². The Morgan fingerprint density at radius 3 is 2.68 bits per heavy atom. The number of esters is 1. The van der Waals surface area contributed by atoms with Crippen LogP contribution in [-0.4, -0.2) is 32.7 Å². The summed E-state index contributed by atoms with van der Waals surface area (Å²) in [6.07, 6.45) is 7.19. The second-order valence-electron chi connectivity index (χ2n) is 8.11. The Morgan fingerprint density at radius 2 is 1.94 bits per heavy atom. The minimum atomic E-state index is -0.405. The number of halogens is 2. The fourth-order valence-corrected chi connectivity index (χ4v) is 4.67. The highest BCUT2D eigenvalue weighted by atomic mass is 35.5. The lowest BCUT2D eigenvalue weighted by Gasteiger charge is -2.12. The number of rotatable bonds is 6. The average molecular weight is 492 g/mol. The van der Waals surface area contributed by atoms with Crippen LogP contribution in [-0.2, 0) is 11.2 Å². The van der Waals surface area contributed by atoms with E-state index in [1.165, 1.54) is 0 Å². The topological polar surface area (TPSA) is 59.9 Å². The van der Waals surface area contributed by atoms with Crippen LogP contribution in [0.3, 0.4) is 0 Å². The molecule has 34 heavy (non-hydrogen) atoms. The van der Waals surface area contributed by atoms with Gasteiger partial charge in [0.25, 0.3) is 0 Å². The number of benzene rings is 2. The molecule has 2 heterocycles. The van der Waals surface area contributed by atoms with Gasteiger partial charge in [0.05, 0.1) is 29.6 Å². The normalized spacial score (nSPS) is 14.7. The van der Waals surface area contributed by atoms with Crippen LogP contribution in [0.25, 0.3) is 29.1 Å². The molecule has 0 saturated heterocycles. The SMILES string of the molecule is CCOC(=O)c1[nH]c2c(c1-c1c(Cc3ccc(Cl)cc3)cnn1-c1ccccc1)=CCC(Cl)C=2. The van der Waals surface area contributed by atoms with Gasteiger partial charge in [0.2, 0.25) is 0 Å². The minimum Gasteiger partial charge on any atom is -0.461 e. The third-order valence-corrected chi connectivity index (χ3v) is 6.39. The van der Waals surface area contributed by atoms with Gasteiger partial charge in [0.15, 0.2) is 0 Å². The van der Waals surface area contributed by atoms with Crippen molar-refractivity contribution in [2.45, 2.75) is 25.1 Å². The van der Waals surface area contributed by atoms with Crippen LogP contribution in [0.2, 0.25) is 5.02 Å². The number of alkyl halides is 1. The molecule has 1 unspecified atom stereocenters. The molecule has 0 saturated carbocycles. The summed E-state index contributed by atoms with van der Waals surface area (Å²) in [6.45, 7) is 2.08. The van der Waals surface area contributed by atoms with E-state index < -0.39 is 5.97 Å². The van der Waals surface area contributed by atoms with Crippen LogP contribution in [0.5, 0.6) is 0 Å². The fraction of sp³-hybridized carbons (Fsp3) is 0.185. The Bertz CT molecular complexity index is 1450. The van der Waals surface area contributed by atoms with E-state index in [1.54, 1.807) is 6.92 Å². The van der Waals surface area contributed by atoms with Crippen molar-refractivity contribution in [1.82, 2.24) is 14.8 Å². The van der Waals surface area contributed by atoms with E-state index in [-0.39, 0.29) is 12.0 Å². The fourth-order valence-electron chi connectivity index (χ4n) is 4.32. The van der Waals surface area contributed by atoms with E-state index in [4.69, 9.17) is 33.0 Å². The van der Waals surface area contributed by atoms with Gasteiger partial charge in [-0.25, -0.2) is 9.48 Å². The first kappa shape index (κ1) is 22.5. The number of aromatic nitrogens is 3. The molecule has 5 rings (SSSR count). The molecule has 0 radical (unpaired) electrons. The largest absolute Gasteiger partial charge is 0.461 e. The number of hydrogen-bond acceptors (Lipinski definition) is 3. The van der Waals surface area contributed by atoms with Gasteiger partial charge < -0.3 is 9.72 Å². The predicted molar refractivity (Wildman–Crippen MR) is 136 cm³/mol. The molecule has 2 aromatic heterocycles. The zero-order valence-electron chi connectivity index (χ0n) is 18.6. The Morgan fingerprint density at radius 1 is 1.18 bits per heavy atom. The highest BCUT2D eigenvalue weighted by molar-refractivity contribution is 6.30. The van der Waals surface area contributed by atoms with Crippen LogP contribution in [0, 0.1) is 0 Å². The van der Waals surface area contributed by atoms with Gasteiger partial charge in [0.1, 0.15) is 5.69 Å². The van der Waals surface area contributed by atoms with Crippen LogP contribution < -0.4 is 10.6 Å². The van der Waals surface area contributed by atoms with Gasteiger partial charge >= 0.3 is 5.97 Å². The molecule has 1 N–H and O–H groups in total. The van der Waals surface area contributed by atoms with Crippen LogP contribution in [0.15, 0.2) is 60.8 Å². The van der Waals surface area contributed by atoms with E-state index >= 15 is 0 Å². The summed E-state index contributed by atoms with van der Waals surface area (Å²) in [6, 6.07) is 17.7. The van der Waals surface area contributed by atoms with Crippen molar-refractivity contribution in [1.29, 1.82) is 0 Å². The lowest BCUT2D eigenvalue weighted by atomic mass is 9.98. The van der Waals surface area contributed by atoms with Gasteiger partial charge in [-0.3, -0.25) is 0 Å². The molecule has 2 aromatic carbocycles. The van der Waals surface area contributed by atoms with Crippen molar-refractivity contribution >= 4 is 41.3 Å². The molecule has 0 fully saturated rings. The summed E-state index contributed by atoms with van der Waals surface area (Å²) in [4.78, 5) is 16.3. The Hall–Kier alpha value is -3.28. The van der Waals surface area contributed by atoms with Crippen LogP contribution >= 0.6 is 23.2 Å². The number of fused-ring (bicyclic) bond motifs is 1. The summed E-state index contributed by atoms with van der Waals surface area (Å²) < 4.78 is 7.30. The highest BCUT2D eigenvalue weighted by Crippen LogP contribution is 2.29. The summed E-state index contributed by atoms with van der Waals surface area (Å²) in [5, 5.41) is 7.05. The van der Waals surface area contributed by atoms with E-state index in [2.05, 4.69) is 11.1 Å². The number of carbonyl (C=O) groups excluding carboxylic acids is 1. The van der Waals surface area contributed by atoms with E-state index in [9.17, 15) is 4.79 Å². The summed E-state index contributed by atoms with van der Waals surface area (Å²) in [7, 11) is 0. The first-order valence-corrected chi connectivity index (χ1v) is 12.0. The summed E-state index contributed by atoms with van der Waals surface area (Å²) >= 11 is 12.5. The number of nitrogens with one attached hydrogen (secondary N) is 1. The predicted octanol–water partition coefficient (Wildman–Crippen LogP) is 4.86. The molecule has 0 aliphatic heterocycles. The molecule has 172 valence electrons. The average Bonchev–Trinajstić information content (AvgIpc) is 3.41. The Kier molecular flexibility index (Phi) is 6.31. The first-order valence-electron chi connectivity index (χ1n) is 11.2. The maximum atomic E-state index is 13.1. The zero-order valence-corrected chi connectivity index (χ0v) is 20.1. The second-order valence-corrected chi connectivity index (χ2v) is 9.11. The molecule has 1 aliphatic carbocycles. The van der Waals surface area contributed by atoms with Crippen molar-refractivity contribution in [2.24, 2.45) is 0 Å². The van der Waals surface area contributed by atoms with Gasteiger partial charge in [-0.1, -0.05) is 48.0 Å². The van der Waals surface area contributed by atoms with Gasteiger partial charge in [-0.15, -0.1) is 11.6 Å². The van der Waals surface area contributed by atoms with E-state index in [0.717, 1.165) is 38.6 Å². The monoisotopic (exact) mass is 491 g/mol. The number of hydrogen-bond donors (Lipinski definition) is 1. The first-order chi connectivity index (χ1) is 16.5. The number of ether oxygens (including phenoxy) is 1. The van der Waals surface area contributed by atoms with Crippen LogP contribution in [0.4, 0.5) is 0 Å². The zero-order chi connectivity index (χ0) is 23.7. The molecule has 0 amide bonds. The highest BCUT2D eigenvalue weighted by Gasteiger charge is 2.26.